The van der Waals surface area contributed by atoms with Gasteiger partial charge in [-0.1, -0.05) is 24.3 Å². The van der Waals surface area contributed by atoms with E-state index in [1.807, 2.05) is 0 Å². The molecule has 1 rings (SSSR count). The molecule has 0 bridgehead atoms. The molecule has 6 heteroatoms. The van der Waals surface area contributed by atoms with Gasteiger partial charge in [0.25, 0.3) is 0 Å². The molecular formula is C12H15ClN2O3. The molecule has 1 aromatic rings. The average molecular weight is 271 g/mol. The van der Waals surface area contributed by atoms with Gasteiger partial charge in [0, 0.05) is 12.0 Å². The molecule has 0 saturated heterocycles. The summed E-state index contributed by atoms with van der Waals surface area (Å²) in [7, 11) is 0. The van der Waals surface area contributed by atoms with Crippen molar-refractivity contribution in [3.05, 3.63) is 35.4 Å². The number of rotatable bonds is 5. The van der Waals surface area contributed by atoms with Crippen LogP contribution in [0.2, 0.25) is 0 Å². The van der Waals surface area contributed by atoms with Crippen molar-refractivity contribution in [1.29, 1.82) is 5.41 Å². The minimum absolute atomic E-state index is 0. The molecule has 3 N–H and O–H groups in total. The first kappa shape index (κ1) is 16.1. The summed E-state index contributed by atoms with van der Waals surface area (Å²) in [6.45, 7) is 1.83. The predicted molar refractivity (Wildman–Crippen MR) is 70.1 cm³/mol. The van der Waals surface area contributed by atoms with Crippen LogP contribution in [0.5, 0.6) is 0 Å². The maximum absolute atomic E-state index is 11.4. The van der Waals surface area contributed by atoms with Gasteiger partial charge in [-0.2, -0.15) is 0 Å². The first-order valence-corrected chi connectivity index (χ1v) is 5.18. The van der Waals surface area contributed by atoms with Gasteiger partial charge in [0.15, 0.2) is 0 Å². The highest BCUT2D eigenvalue weighted by Gasteiger charge is 2.15. The van der Waals surface area contributed by atoms with Gasteiger partial charge in [0.2, 0.25) is 5.78 Å². The van der Waals surface area contributed by atoms with Gasteiger partial charge in [-0.15, -0.1) is 12.4 Å². The molecule has 0 saturated carbocycles. The molecule has 0 unspecified atom stereocenters. The first-order valence-electron chi connectivity index (χ1n) is 5.18. The van der Waals surface area contributed by atoms with Crippen LogP contribution in [0, 0.1) is 5.41 Å². The zero-order valence-electron chi connectivity index (χ0n) is 9.93. The van der Waals surface area contributed by atoms with Gasteiger partial charge >= 0.3 is 5.97 Å². The molecule has 0 atom stereocenters. The molecule has 1 aromatic carbocycles. The number of hydrogen-bond acceptors (Lipinski definition) is 4. The summed E-state index contributed by atoms with van der Waals surface area (Å²) < 4.78 is 4.60. The molecular weight excluding hydrogens is 256 g/mol. The molecule has 0 fully saturated rings. The fourth-order valence-corrected chi connectivity index (χ4v) is 1.27. The Hall–Kier alpha value is -1.88. The van der Waals surface area contributed by atoms with Crippen LogP contribution in [-0.4, -0.2) is 24.2 Å². The van der Waals surface area contributed by atoms with E-state index in [9.17, 15) is 9.59 Å². The molecule has 0 aromatic heterocycles. The van der Waals surface area contributed by atoms with Crippen molar-refractivity contribution < 1.29 is 14.3 Å². The Morgan fingerprint density at radius 3 is 2.28 bits per heavy atom. The summed E-state index contributed by atoms with van der Waals surface area (Å²) in [6.07, 6.45) is -0.00296. The number of esters is 1. The third-order valence-electron chi connectivity index (χ3n) is 2.13. The Balaban J connectivity index is 0.00000289. The number of ether oxygens (including phenoxy) is 1. The molecule has 18 heavy (non-hydrogen) atoms. The van der Waals surface area contributed by atoms with Crippen molar-refractivity contribution >= 4 is 30.0 Å². The van der Waals surface area contributed by atoms with E-state index in [0.29, 0.717) is 11.1 Å². The van der Waals surface area contributed by atoms with Gasteiger partial charge in [-0.3, -0.25) is 10.2 Å². The lowest BCUT2D eigenvalue weighted by Crippen LogP contribution is -2.19. The van der Waals surface area contributed by atoms with Gasteiger partial charge in [0.05, 0.1) is 6.61 Å². The number of carbonyl (C=O) groups is 2. The van der Waals surface area contributed by atoms with Crippen molar-refractivity contribution in [1.82, 2.24) is 0 Å². The summed E-state index contributed by atoms with van der Waals surface area (Å²) in [5.74, 6) is -1.43. The summed E-state index contributed by atoms with van der Waals surface area (Å²) in [4.78, 5) is 22.5. The number of nitrogens with one attached hydrogen (secondary N) is 1. The second kappa shape index (κ2) is 7.45. The Bertz CT molecular complexity index is 443. The number of ketones is 1. The quantitative estimate of drug-likeness (QED) is 0.362. The van der Waals surface area contributed by atoms with Crippen molar-refractivity contribution in [3.8, 4) is 0 Å². The SMILES string of the molecule is CCOC(=O)C(=O)Cc1ccc(C(=N)N)cc1.Cl. The third-order valence-corrected chi connectivity index (χ3v) is 2.13. The second-order valence-corrected chi connectivity index (χ2v) is 3.43. The van der Waals surface area contributed by atoms with Gasteiger partial charge in [0.1, 0.15) is 5.84 Å². The fraction of sp³-hybridized carbons (Fsp3) is 0.250. The van der Waals surface area contributed by atoms with Crippen molar-refractivity contribution in [2.75, 3.05) is 6.61 Å². The number of Topliss-reactive ketones (excluding diaryl/α,β-unsaturated/α-hetero) is 1. The number of halogens is 1. The fourth-order valence-electron chi connectivity index (χ4n) is 1.27. The molecule has 0 aliphatic carbocycles. The van der Waals surface area contributed by atoms with Gasteiger partial charge < -0.3 is 10.5 Å². The summed E-state index contributed by atoms with van der Waals surface area (Å²) in [5.41, 5.74) is 6.56. The topological polar surface area (TPSA) is 93.2 Å². The van der Waals surface area contributed by atoms with Crippen molar-refractivity contribution in [2.24, 2.45) is 5.73 Å². The lowest BCUT2D eigenvalue weighted by Gasteiger charge is -2.02. The minimum Gasteiger partial charge on any atom is -0.460 e. The molecule has 98 valence electrons. The van der Waals surface area contributed by atoms with Crippen molar-refractivity contribution in [2.45, 2.75) is 13.3 Å². The van der Waals surface area contributed by atoms with Crippen molar-refractivity contribution in [3.63, 3.8) is 0 Å². The van der Waals surface area contributed by atoms with Crippen LogP contribution in [-0.2, 0) is 20.7 Å². The number of nitrogens with two attached hydrogens (primary N) is 1. The van der Waals surface area contributed by atoms with E-state index in [2.05, 4.69) is 4.74 Å². The van der Waals surface area contributed by atoms with Crippen LogP contribution in [0.1, 0.15) is 18.1 Å². The smallest absolute Gasteiger partial charge is 0.374 e. The second-order valence-electron chi connectivity index (χ2n) is 3.43. The maximum atomic E-state index is 11.4. The van der Waals surface area contributed by atoms with E-state index >= 15 is 0 Å². The van der Waals surface area contributed by atoms with E-state index in [-0.39, 0.29) is 31.3 Å². The minimum atomic E-state index is -0.817. The van der Waals surface area contributed by atoms with Crippen LogP contribution in [0.25, 0.3) is 0 Å². The summed E-state index contributed by atoms with van der Waals surface area (Å²) in [6, 6.07) is 6.59. The van der Waals surface area contributed by atoms with E-state index < -0.39 is 11.8 Å². The van der Waals surface area contributed by atoms with E-state index in [1.54, 1.807) is 31.2 Å². The van der Waals surface area contributed by atoms with Crippen LogP contribution in [0.15, 0.2) is 24.3 Å². The van der Waals surface area contributed by atoms with E-state index in [4.69, 9.17) is 11.1 Å². The van der Waals surface area contributed by atoms with Crippen LogP contribution < -0.4 is 5.73 Å². The Labute approximate surface area is 111 Å². The Morgan fingerprint density at radius 1 is 1.28 bits per heavy atom. The Morgan fingerprint density at radius 2 is 1.83 bits per heavy atom. The molecule has 0 aliphatic rings. The number of carbonyl (C=O) groups excluding carboxylic acids is 2. The number of amidine groups is 1. The number of benzene rings is 1. The predicted octanol–water partition coefficient (Wildman–Crippen LogP) is 1.07. The maximum Gasteiger partial charge on any atom is 0.374 e. The molecule has 0 aliphatic heterocycles. The first-order chi connectivity index (χ1) is 8.04. The molecule has 5 nitrogen and oxygen atoms in total. The molecule has 0 spiro atoms. The van der Waals surface area contributed by atoms with Crippen LogP contribution in [0.4, 0.5) is 0 Å². The average Bonchev–Trinajstić information content (AvgIpc) is 2.30. The monoisotopic (exact) mass is 270 g/mol. The molecule has 0 radical (unpaired) electrons. The van der Waals surface area contributed by atoms with E-state index in [0.717, 1.165) is 0 Å². The zero-order chi connectivity index (χ0) is 12.8. The highest BCUT2D eigenvalue weighted by molar-refractivity contribution is 6.34. The lowest BCUT2D eigenvalue weighted by atomic mass is 10.1. The third kappa shape index (κ3) is 4.55. The standard InChI is InChI=1S/C12H14N2O3.ClH/c1-2-17-12(16)10(15)7-8-3-5-9(6-4-8)11(13)14;/h3-6H,2,7H2,1H3,(H3,13,14);1H. The van der Waals surface area contributed by atoms with E-state index in [1.165, 1.54) is 0 Å². The molecule has 0 heterocycles. The van der Waals surface area contributed by atoms with Gasteiger partial charge in [-0.25, -0.2) is 4.79 Å². The zero-order valence-corrected chi connectivity index (χ0v) is 10.8. The highest BCUT2D eigenvalue weighted by Crippen LogP contribution is 2.05. The number of hydrogen-bond donors (Lipinski definition) is 2. The summed E-state index contributed by atoms with van der Waals surface area (Å²) in [5, 5.41) is 7.21. The largest absolute Gasteiger partial charge is 0.460 e. The van der Waals surface area contributed by atoms with Gasteiger partial charge in [-0.05, 0) is 12.5 Å². The Kier molecular flexibility index (Phi) is 6.67. The normalized spacial score (nSPS) is 9.17. The molecule has 0 amide bonds. The van der Waals surface area contributed by atoms with Crippen LogP contribution >= 0.6 is 12.4 Å². The lowest BCUT2D eigenvalue weighted by molar-refractivity contribution is -0.153. The summed E-state index contributed by atoms with van der Waals surface area (Å²) >= 11 is 0. The highest BCUT2D eigenvalue weighted by atomic mass is 35.5. The van der Waals surface area contributed by atoms with Crippen LogP contribution in [0.3, 0.4) is 0 Å². The number of nitrogen functional groups attached to an aromatic ring is 1.